The highest BCUT2D eigenvalue weighted by molar-refractivity contribution is 5.96. The van der Waals surface area contributed by atoms with Crippen molar-refractivity contribution in [2.24, 2.45) is 0 Å². The molecule has 0 radical (unpaired) electrons. The SMILES string of the molecule is Cl.Nc1cccc2c1CCCN2CC(=O)NC(=O)NCC(F)(F)F. The molecule has 0 aliphatic carbocycles. The van der Waals surface area contributed by atoms with Crippen molar-refractivity contribution in [1.29, 1.82) is 0 Å². The quantitative estimate of drug-likeness (QED) is 0.712. The Morgan fingerprint density at radius 2 is 2.00 bits per heavy atom. The predicted molar refractivity (Wildman–Crippen MR) is 86.2 cm³/mol. The Balaban J connectivity index is 0.00000288. The standard InChI is InChI=1S/C14H17F3N4O2.ClH/c15-14(16,17)8-19-13(23)20-12(22)7-21-6-2-3-9-10(18)4-1-5-11(9)21;/h1,4-5H,2-3,6-8,18H2,(H2,19,20,22,23);1H. The molecular formula is C14H18ClF3N4O2. The molecular weight excluding hydrogens is 349 g/mol. The number of benzene rings is 1. The van der Waals surface area contributed by atoms with E-state index in [9.17, 15) is 22.8 Å². The van der Waals surface area contributed by atoms with E-state index in [1.807, 2.05) is 11.4 Å². The lowest BCUT2D eigenvalue weighted by molar-refractivity contribution is -0.124. The van der Waals surface area contributed by atoms with E-state index in [2.05, 4.69) is 0 Å². The van der Waals surface area contributed by atoms with Gasteiger partial charge in [-0.1, -0.05) is 6.07 Å². The second-order valence-electron chi connectivity index (χ2n) is 5.22. The van der Waals surface area contributed by atoms with Crippen molar-refractivity contribution < 1.29 is 22.8 Å². The highest BCUT2D eigenvalue weighted by Gasteiger charge is 2.28. The van der Waals surface area contributed by atoms with Crippen LogP contribution < -0.4 is 21.3 Å². The van der Waals surface area contributed by atoms with E-state index >= 15 is 0 Å². The summed E-state index contributed by atoms with van der Waals surface area (Å²) in [6.07, 6.45) is -2.93. The van der Waals surface area contributed by atoms with Crippen molar-refractivity contribution in [1.82, 2.24) is 10.6 Å². The minimum Gasteiger partial charge on any atom is -0.398 e. The third-order valence-corrected chi connectivity index (χ3v) is 3.42. The fourth-order valence-electron chi connectivity index (χ4n) is 2.46. The van der Waals surface area contributed by atoms with Gasteiger partial charge in [-0.3, -0.25) is 10.1 Å². The summed E-state index contributed by atoms with van der Waals surface area (Å²) in [4.78, 5) is 24.8. The molecule has 0 saturated carbocycles. The van der Waals surface area contributed by atoms with Crippen molar-refractivity contribution in [3.8, 4) is 0 Å². The van der Waals surface area contributed by atoms with Gasteiger partial charge in [-0.05, 0) is 30.5 Å². The number of nitrogens with two attached hydrogens (primary N) is 1. The molecule has 1 aromatic rings. The maximum atomic E-state index is 12.0. The number of anilines is 2. The van der Waals surface area contributed by atoms with Crippen LogP contribution in [0.1, 0.15) is 12.0 Å². The maximum Gasteiger partial charge on any atom is 0.405 e. The first-order valence-electron chi connectivity index (χ1n) is 7.03. The third-order valence-electron chi connectivity index (χ3n) is 3.42. The summed E-state index contributed by atoms with van der Waals surface area (Å²) in [7, 11) is 0. The molecule has 0 atom stereocenters. The average Bonchev–Trinajstić information content (AvgIpc) is 2.45. The Bertz CT molecular complexity index is 610. The number of hydrogen-bond acceptors (Lipinski definition) is 4. The molecule has 24 heavy (non-hydrogen) atoms. The van der Waals surface area contributed by atoms with Crippen LogP contribution in [0.5, 0.6) is 0 Å². The van der Waals surface area contributed by atoms with Crippen LogP contribution in [0.4, 0.5) is 29.3 Å². The van der Waals surface area contributed by atoms with Crippen LogP contribution in [0.2, 0.25) is 0 Å². The molecule has 6 nitrogen and oxygen atoms in total. The number of halogens is 4. The Hall–Kier alpha value is -2.16. The summed E-state index contributed by atoms with van der Waals surface area (Å²) >= 11 is 0. The summed E-state index contributed by atoms with van der Waals surface area (Å²) in [5, 5.41) is 3.47. The van der Waals surface area contributed by atoms with Gasteiger partial charge in [-0.15, -0.1) is 12.4 Å². The molecule has 0 spiro atoms. The van der Waals surface area contributed by atoms with Gasteiger partial charge in [0.1, 0.15) is 6.54 Å². The molecule has 1 heterocycles. The molecule has 0 saturated heterocycles. The molecule has 1 aliphatic heterocycles. The molecule has 2 rings (SSSR count). The molecule has 0 aromatic heterocycles. The van der Waals surface area contributed by atoms with Gasteiger partial charge in [0.2, 0.25) is 5.91 Å². The van der Waals surface area contributed by atoms with Crippen LogP contribution in [-0.4, -0.2) is 37.7 Å². The average molecular weight is 367 g/mol. The first-order valence-corrected chi connectivity index (χ1v) is 7.03. The van der Waals surface area contributed by atoms with E-state index in [0.717, 1.165) is 24.1 Å². The smallest absolute Gasteiger partial charge is 0.398 e. The van der Waals surface area contributed by atoms with Gasteiger partial charge in [0.15, 0.2) is 0 Å². The number of carbonyl (C=O) groups is 2. The maximum absolute atomic E-state index is 12.0. The molecule has 134 valence electrons. The van der Waals surface area contributed by atoms with Crippen LogP contribution in [-0.2, 0) is 11.2 Å². The van der Waals surface area contributed by atoms with Gasteiger partial charge in [0, 0.05) is 17.9 Å². The molecule has 4 N–H and O–H groups in total. The normalized spacial score (nSPS) is 13.5. The molecule has 0 fully saturated rings. The number of nitrogens with one attached hydrogen (secondary N) is 2. The topological polar surface area (TPSA) is 87.5 Å². The van der Waals surface area contributed by atoms with Crippen molar-refractivity contribution in [2.75, 3.05) is 30.3 Å². The van der Waals surface area contributed by atoms with Gasteiger partial charge < -0.3 is 16.0 Å². The van der Waals surface area contributed by atoms with Crippen molar-refractivity contribution in [2.45, 2.75) is 19.0 Å². The van der Waals surface area contributed by atoms with Gasteiger partial charge in [0.25, 0.3) is 0 Å². The van der Waals surface area contributed by atoms with Gasteiger partial charge in [-0.2, -0.15) is 13.2 Å². The van der Waals surface area contributed by atoms with E-state index in [-0.39, 0.29) is 19.0 Å². The Morgan fingerprint density at radius 3 is 2.67 bits per heavy atom. The summed E-state index contributed by atoms with van der Waals surface area (Å²) in [5.74, 6) is -0.681. The van der Waals surface area contributed by atoms with Crippen LogP contribution in [0.25, 0.3) is 0 Å². The number of imide groups is 1. The fourth-order valence-corrected chi connectivity index (χ4v) is 2.46. The summed E-state index contributed by atoms with van der Waals surface area (Å²) in [6, 6.07) is 4.19. The predicted octanol–water partition coefficient (Wildman–Crippen LogP) is 1.83. The lowest BCUT2D eigenvalue weighted by Gasteiger charge is -2.31. The van der Waals surface area contributed by atoms with E-state index in [0.29, 0.717) is 12.2 Å². The van der Waals surface area contributed by atoms with Crippen molar-refractivity contribution >= 4 is 35.7 Å². The van der Waals surface area contributed by atoms with E-state index in [1.165, 1.54) is 0 Å². The number of carbonyl (C=O) groups excluding carboxylic acids is 2. The lowest BCUT2D eigenvalue weighted by Crippen LogP contribution is -2.47. The summed E-state index contributed by atoms with van der Waals surface area (Å²) in [6.45, 7) is -1.01. The largest absolute Gasteiger partial charge is 0.405 e. The second-order valence-corrected chi connectivity index (χ2v) is 5.22. The molecule has 1 aromatic carbocycles. The first kappa shape index (κ1) is 19.9. The number of hydrogen-bond donors (Lipinski definition) is 3. The molecule has 0 unspecified atom stereocenters. The van der Waals surface area contributed by atoms with Crippen LogP contribution >= 0.6 is 12.4 Å². The van der Waals surface area contributed by atoms with E-state index in [1.54, 1.807) is 22.3 Å². The van der Waals surface area contributed by atoms with E-state index in [4.69, 9.17) is 5.73 Å². The zero-order valence-corrected chi connectivity index (χ0v) is 13.5. The minimum atomic E-state index is -4.52. The number of nitrogens with zero attached hydrogens (tertiary/aromatic N) is 1. The number of amides is 3. The van der Waals surface area contributed by atoms with Gasteiger partial charge in [0.05, 0.1) is 6.54 Å². The van der Waals surface area contributed by atoms with Crippen LogP contribution in [0, 0.1) is 0 Å². The highest BCUT2D eigenvalue weighted by Crippen LogP contribution is 2.30. The first-order chi connectivity index (χ1) is 10.8. The molecule has 3 amide bonds. The summed E-state index contributed by atoms with van der Waals surface area (Å²) < 4.78 is 35.9. The fraction of sp³-hybridized carbons (Fsp3) is 0.429. The molecule has 0 bridgehead atoms. The minimum absolute atomic E-state index is 0. The lowest BCUT2D eigenvalue weighted by atomic mass is 10.00. The monoisotopic (exact) mass is 366 g/mol. The van der Waals surface area contributed by atoms with E-state index < -0.39 is 24.7 Å². The summed E-state index contributed by atoms with van der Waals surface area (Å²) in [5.41, 5.74) is 8.28. The second kappa shape index (κ2) is 8.09. The zero-order valence-electron chi connectivity index (χ0n) is 12.7. The highest BCUT2D eigenvalue weighted by atomic mass is 35.5. The third kappa shape index (κ3) is 5.48. The van der Waals surface area contributed by atoms with Crippen molar-refractivity contribution in [3.05, 3.63) is 23.8 Å². The number of alkyl halides is 3. The Kier molecular flexibility index (Phi) is 6.70. The van der Waals surface area contributed by atoms with Crippen LogP contribution in [0.3, 0.4) is 0 Å². The molecule has 1 aliphatic rings. The number of rotatable bonds is 3. The Morgan fingerprint density at radius 1 is 1.29 bits per heavy atom. The number of fused-ring (bicyclic) bond motifs is 1. The zero-order chi connectivity index (χ0) is 17.0. The Labute approximate surface area is 143 Å². The number of nitrogen functional groups attached to an aromatic ring is 1. The van der Waals surface area contributed by atoms with Crippen molar-refractivity contribution in [3.63, 3.8) is 0 Å². The van der Waals surface area contributed by atoms with Gasteiger partial charge in [-0.25, -0.2) is 4.79 Å². The van der Waals surface area contributed by atoms with Crippen LogP contribution in [0.15, 0.2) is 18.2 Å². The van der Waals surface area contributed by atoms with Gasteiger partial charge >= 0.3 is 12.2 Å². The number of urea groups is 1. The molecule has 10 heteroatoms.